The lowest BCUT2D eigenvalue weighted by Crippen LogP contribution is -2.50. The number of fused-ring (bicyclic) bond motifs is 1. The van der Waals surface area contributed by atoms with Crippen LogP contribution >= 0.6 is 0 Å². The molecule has 120 valence electrons. The Kier molecular flexibility index (Phi) is 3.88. The molecule has 0 aromatic heterocycles. The first kappa shape index (κ1) is 15.4. The van der Waals surface area contributed by atoms with Gasteiger partial charge in [0.25, 0.3) is 0 Å². The minimum atomic E-state index is -0.624. The lowest BCUT2D eigenvalue weighted by atomic mass is 10.0. The van der Waals surface area contributed by atoms with Gasteiger partial charge in [-0.15, -0.1) is 6.58 Å². The molecule has 0 aliphatic carbocycles. The first-order valence-electron chi connectivity index (χ1n) is 7.48. The average molecular weight is 299 g/mol. The molecule has 3 aliphatic rings. The van der Waals surface area contributed by atoms with Crippen molar-refractivity contribution in [3.63, 3.8) is 0 Å². The van der Waals surface area contributed by atoms with E-state index in [0.29, 0.717) is 13.2 Å². The second-order valence-electron chi connectivity index (χ2n) is 6.66. The van der Waals surface area contributed by atoms with Gasteiger partial charge in [0.05, 0.1) is 12.6 Å². The van der Waals surface area contributed by atoms with E-state index in [9.17, 15) is 0 Å². The number of hydrogen-bond donors (Lipinski definition) is 1. The second kappa shape index (κ2) is 5.30. The summed E-state index contributed by atoms with van der Waals surface area (Å²) < 4.78 is 29.4. The van der Waals surface area contributed by atoms with Crippen molar-refractivity contribution in [2.75, 3.05) is 13.2 Å². The zero-order valence-electron chi connectivity index (χ0n) is 13.1. The van der Waals surface area contributed by atoms with Crippen LogP contribution in [0.5, 0.6) is 0 Å². The summed E-state index contributed by atoms with van der Waals surface area (Å²) >= 11 is 0. The van der Waals surface area contributed by atoms with Crippen LogP contribution < -0.4 is 5.32 Å². The SMILES string of the molecule is C=CCN[C@@H]1[C@H]2OC(C)(C)O[C@H]2O[C@@H]1[C@H]1COC(C)(C)O1. The minimum Gasteiger partial charge on any atom is -0.348 e. The van der Waals surface area contributed by atoms with Gasteiger partial charge in [0, 0.05) is 6.54 Å². The van der Waals surface area contributed by atoms with Gasteiger partial charge >= 0.3 is 0 Å². The molecule has 0 aromatic rings. The molecule has 3 saturated heterocycles. The van der Waals surface area contributed by atoms with E-state index in [-0.39, 0.29) is 30.6 Å². The molecular formula is C15H25NO5. The number of ether oxygens (including phenoxy) is 5. The predicted octanol–water partition coefficient (Wildman–Crippen LogP) is 1.16. The summed E-state index contributed by atoms with van der Waals surface area (Å²) in [5.41, 5.74) is 0. The van der Waals surface area contributed by atoms with E-state index in [1.54, 1.807) is 0 Å². The van der Waals surface area contributed by atoms with Gasteiger partial charge in [-0.2, -0.15) is 0 Å². The van der Waals surface area contributed by atoms with E-state index in [1.807, 2.05) is 33.8 Å². The normalized spacial score (nSPS) is 43.9. The maximum atomic E-state index is 6.06. The summed E-state index contributed by atoms with van der Waals surface area (Å²) in [4.78, 5) is 0. The highest BCUT2D eigenvalue weighted by molar-refractivity contribution is 5.02. The maximum absolute atomic E-state index is 6.06. The largest absolute Gasteiger partial charge is 0.348 e. The molecule has 1 N–H and O–H groups in total. The van der Waals surface area contributed by atoms with Crippen LogP contribution in [0.15, 0.2) is 12.7 Å². The Morgan fingerprint density at radius 1 is 1.10 bits per heavy atom. The van der Waals surface area contributed by atoms with Crippen LogP contribution in [-0.4, -0.2) is 55.4 Å². The predicted molar refractivity (Wildman–Crippen MR) is 75.6 cm³/mol. The van der Waals surface area contributed by atoms with E-state index >= 15 is 0 Å². The highest BCUT2D eigenvalue weighted by Crippen LogP contribution is 2.40. The Balaban J connectivity index is 1.73. The quantitative estimate of drug-likeness (QED) is 0.786. The Hall–Kier alpha value is -0.500. The van der Waals surface area contributed by atoms with Crippen molar-refractivity contribution < 1.29 is 23.7 Å². The third kappa shape index (κ3) is 3.02. The number of hydrogen-bond acceptors (Lipinski definition) is 6. The second-order valence-corrected chi connectivity index (χ2v) is 6.66. The molecule has 3 aliphatic heterocycles. The molecule has 6 heteroatoms. The number of nitrogens with one attached hydrogen (secondary N) is 1. The van der Waals surface area contributed by atoms with E-state index < -0.39 is 11.6 Å². The maximum Gasteiger partial charge on any atom is 0.189 e. The van der Waals surface area contributed by atoms with Crippen LogP contribution in [0.1, 0.15) is 27.7 Å². The summed E-state index contributed by atoms with van der Waals surface area (Å²) in [5, 5.41) is 3.41. The van der Waals surface area contributed by atoms with E-state index in [2.05, 4.69) is 11.9 Å². The van der Waals surface area contributed by atoms with Gasteiger partial charge < -0.3 is 29.0 Å². The van der Waals surface area contributed by atoms with Crippen molar-refractivity contribution in [2.24, 2.45) is 0 Å². The van der Waals surface area contributed by atoms with Crippen molar-refractivity contribution in [3.05, 3.63) is 12.7 Å². The standard InChI is InChI=1S/C15H25NO5/c1-6-7-16-10-11(9-8-17-14(2,3)19-9)18-13-12(10)20-15(4,5)21-13/h6,9-13,16H,1,7-8H2,2-5H3/t9-,10+,11-,12-,13-/m1/s1. The Labute approximate surface area is 125 Å². The average Bonchev–Trinajstić information content (AvgIpc) is 2.96. The molecule has 0 aromatic carbocycles. The molecular weight excluding hydrogens is 274 g/mol. The molecule has 0 amide bonds. The lowest BCUT2D eigenvalue weighted by Gasteiger charge is -2.29. The van der Waals surface area contributed by atoms with Crippen molar-refractivity contribution in [2.45, 2.75) is 69.9 Å². The summed E-state index contributed by atoms with van der Waals surface area (Å²) in [6.07, 6.45) is 0.985. The fourth-order valence-corrected chi connectivity index (χ4v) is 3.18. The zero-order valence-corrected chi connectivity index (χ0v) is 13.1. The van der Waals surface area contributed by atoms with E-state index in [4.69, 9.17) is 23.7 Å². The van der Waals surface area contributed by atoms with Crippen LogP contribution in [-0.2, 0) is 23.7 Å². The summed E-state index contributed by atoms with van der Waals surface area (Å²) in [7, 11) is 0. The molecule has 0 radical (unpaired) electrons. The van der Waals surface area contributed by atoms with Gasteiger partial charge in [0.2, 0.25) is 0 Å². The summed E-state index contributed by atoms with van der Waals surface area (Å²) in [6.45, 7) is 12.5. The lowest BCUT2D eigenvalue weighted by molar-refractivity contribution is -0.223. The Morgan fingerprint density at radius 2 is 1.86 bits per heavy atom. The fraction of sp³-hybridized carbons (Fsp3) is 0.867. The van der Waals surface area contributed by atoms with Gasteiger partial charge in [-0.25, -0.2) is 0 Å². The van der Waals surface area contributed by atoms with Crippen LogP contribution in [0.25, 0.3) is 0 Å². The number of rotatable bonds is 4. The van der Waals surface area contributed by atoms with Crippen LogP contribution in [0, 0.1) is 0 Å². The van der Waals surface area contributed by atoms with Crippen molar-refractivity contribution in [1.82, 2.24) is 5.32 Å². The smallest absolute Gasteiger partial charge is 0.189 e. The van der Waals surface area contributed by atoms with Gasteiger partial charge in [-0.1, -0.05) is 6.08 Å². The molecule has 6 nitrogen and oxygen atoms in total. The molecule has 3 rings (SSSR count). The molecule has 3 fully saturated rings. The Morgan fingerprint density at radius 3 is 2.48 bits per heavy atom. The van der Waals surface area contributed by atoms with Gasteiger partial charge in [-0.3, -0.25) is 0 Å². The van der Waals surface area contributed by atoms with Crippen LogP contribution in [0.3, 0.4) is 0 Å². The van der Waals surface area contributed by atoms with Crippen LogP contribution in [0.4, 0.5) is 0 Å². The monoisotopic (exact) mass is 299 g/mol. The first-order valence-corrected chi connectivity index (χ1v) is 7.48. The first-order chi connectivity index (χ1) is 9.81. The third-order valence-corrected chi connectivity index (χ3v) is 3.98. The summed E-state index contributed by atoms with van der Waals surface area (Å²) in [5.74, 6) is -1.20. The molecule has 0 bridgehead atoms. The van der Waals surface area contributed by atoms with E-state index in [1.165, 1.54) is 0 Å². The molecule has 21 heavy (non-hydrogen) atoms. The molecule has 0 unspecified atom stereocenters. The Bertz CT molecular complexity index is 411. The highest BCUT2D eigenvalue weighted by atomic mass is 16.8. The van der Waals surface area contributed by atoms with Crippen LogP contribution in [0.2, 0.25) is 0 Å². The van der Waals surface area contributed by atoms with E-state index in [0.717, 1.165) is 0 Å². The topological polar surface area (TPSA) is 58.2 Å². The summed E-state index contributed by atoms with van der Waals surface area (Å²) in [6, 6.07) is -0.0164. The molecule has 0 spiro atoms. The van der Waals surface area contributed by atoms with Gasteiger partial charge in [0.1, 0.15) is 18.3 Å². The van der Waals surface area contributed by atoms with Crippen molar-refractivity contribution in [1.29, 1.82) is 0 Å². The molecule has 0 saturated carbocycles. The third-order valence-electron chi connectivity index (χ3n) is 3.98. The van der Waals surface area contributed by atoms with Gasteiger partial charge in [0.15, 0.2) is 17.9 Å². The van der Waals surface area contributed by atoms with Crippen molar-refractivity contribution >= 4 is 0 Å². The zero-order chi connectivity index (χ0) is 15.3. The van der Waals surface area contributed by atoms with Crippen molar-refractivity contribution in [3.8, 4) is 0 Å². The molecule has 5 atom stereocenters. The van der Waals surface area contributed by atoms with Gasteiger partial charge in [-0.05, 0) is 27.7 Å². The minimum absolute atomic E-state index is 0.0164. The fourth-order valence-electron chi connectivity index (χ4n) is 3.18. The highest BCUT2D eigenvalue weighted by Gasteiger charge is 2.57. The molecule has 3 heterocycles.